The average molecular weight is 1970 g/mol. The van der Waals surface area contributed by atoms with Crippen LogP contribution in [0.5, 0.6) is 23.0 Å². The molecule has 0 bridgehead atoms. The van der Waals surface area contributed by atoms with E-state index in [9.17, 15) is 42.7 Å². The normalized spacial score (nSPS) is 11.3. The van der Waals surface area contributed by atoms with Crippen LogP contribution in [0.3, 0.4) is 0 Å². The van der Waals surface area contributed by atoms with Crippen LogP contribution in [-0.2, 0) is 0 Å². The van der Waals surface area contributed by atoms with Crippen molar-refractivity contribution in [3.63, 3.8) is 0 Å². The molecule has 20 nitrogen and oxygen atoms in total. The van der Waals surface area contributed by atoms with Crippen molar-refractivity contribution in [2.24, 2.45) is 0 Å². The molecule has 0 saturated heterocycles. The van der Waals surface area contributed by atoms with Crippen LogP contribution in [0.15, 0.2) is 340 Å². The number of furan rings is 4. The van der Waals surface area contributed by atoms with Crippen molar-refractivity contribution in [2.75, 3.05) is 26.9 Å². The van der Waals surface area contributed by atoms with Gasteiger partial charge in [0, 0.05) is 95.9 Å². The molecule has 0 radical (unpaired) electrons. The molecule has 0 aliphatic heterocycles. The summed E-state index contributed by atoms with van der Waals surface area (Å²) in [6.07, 6.45) is 22.8. The number of hydrogen-bond donors (Lipinski definition) is 0. The van der Waals surface area contributed by atoms with E-state index in [-0.39, 0.29) is 57.1 Å². The van der Waals surface area contributed by atoms with Gasteiger partial charge in [-0.1, -0.05) is 281 Å². The predicted octanol–water partition coefficient (Wildman–Crippen LogP) is 31.7. The number of methoxy groups -OCH3 is 1. The third kappa shape index (κ3) is 23.3. The second-order valence-corrected chi connectivity index (χ2v) is 36.9. The standard InChI is InChI=1S/C35H36O5.C33H32O5.C32H30O5.C26H17FO5/c1-3-4-5-6-7-8-9-13-21-38-27-18-14-17-26(23-27)33(37)35-31(25-15-11-10-12-16-25)32-29(39-35)20-19-28-24(2)22-30(36)40-34(28)32;1-3-4-5-6-7-11-19-36-25-16-12-15-24(21-25)31(35)33-29(23-13-9-8-10-14-23)30-27(37-33)18-17-26-22(2)20-28(34)38-32(26)30;1-3-4-5-6-10-18-35-24-15-11-14-23(20-24)30(34)32-28(22-12-8-7-9-13-22)29-26(36-32)17-16-25-21(2)19-27(33)37-31(25)29;1-14-12-21(28)32-25-17(14)10-11-20-23(25)22(18-8-3-4-9-19(18)27)26(31-20)24(29)15-6-5-7-16(13-15)30-2/h10-12,14-20,22-23H,3-9,13,21H2,1-2H3;8-10,12-18,20-21H,3-7,11,19H2,1-2H3;7-9,11-17,19-20H,3-6,10,18H2,1-2H3;3-13H,1-2H3. The van der Waals surface area contributed by atoms with Crippen molar-refractivity contribution in [3.8, 4) is 67.5 Å². The van der Waals surface area contributed by atoms with Crippen molar-refractivity contribution < 1.29 is 77.9 Å². The van der Waals surface area contributed by atoms with Crippen molar-refractivity contribution in [1.29, 1.82) is 0 Å². The fourth-order valence-electron chi connectivity index (χ4n) is 18.9. The van der Waals surface area contributed by atoms with Gasteiger partial charge < -0.3 is 54.3 Å². The number of carbonyl (C=O) groups excluding carboxylic acids is 4. The molecule has 8 aromatic heterocycles. The minimum absolute atomic E-state index is 0.0463. The second kappa shape index (κ2) is 47.8. The summed E-state index contributed by atoms with van der Waals surface area (Å²) in [5, 5.41) is 5.32. The molecule has 147 heavy (non-hydrogen) atoms. The van der Waals surface area contributed by atoms with Crippen molar-refractivity contribution >= 4 is 111 Å². The van der Waals surface area contributed by atoms with E-state index < -0.39 is 34.1 Å². The van der Waals surface area contributed by atoms with E-state index >= 15 is 0 Å². The van der Waals surface area contributed by atoms with Gasteiger partial charge in [0.25, 0.3) is 0 Å². The SMILES string of the molecule is CCCCCCCCCCOc1cccc(C(=O)c2oc3ccc4c(C)cc(=O)oc4c3c2-c2ccccc2)c1.CCCCCCCCOc1cccc(C(=O)c2oc3ccc4c(C)cc(=O)oc4c3c2-c2ccccc2)c1.CCCCCCCOc1cccc(C(=O)c2oc3ccc4c(C)cc(=O)oc4c3c2-c2ccccc2)c1.COc1cccc(C(=O)c2oc3ccc4c(C)cc(=O)oc4c3c2-c2ccccc2F)c1. The smallest absolute Gasteiger partial charge is 0.336 e. The molecular formula is C126H115FO20. The molecule has 0 aliphatic carbocycles. The lowest BCUT2D eigenvalue weighted by atomic mass is 9.96. The molecule has 0 amide bonds. The zero-order valence-corrected chi connectivity index (χ0v) is 83.7. The molecule has 0 N–H and O–H groups in total. The van der Waals surface area contributed by atoms with Gasteiger partial charge in [-0.05, 0) is 189 Å². The highest BCUT2D eigenvalue weighted by molar-refractivity contribution is 6.24. The maximum absolute atomic E-state index is 14.9. The lowest BCUT2D eigenvalue weighted by molar-refractivity contribution is 0.100. The number of aryl methyl sites for hydroxylation is 4. The van der Waals surface area contributed by atoms with Gasteiger partial charge >= 0.3 is 22.5 Å². The Kier molecular flexibility index (Phi) is 33.1. The minimum atomic E-state index is -0.538. The van der Waals surface area contributed by atoms with E-state index in [4.69, 9.17) is 54.3 Å². The highest BCUT2D eigenvalue weighted by atomic mass is 19.1. The summed E-state index contributed by atoms with van der Waals surface area (Å²) in [6, 6.07) is 83.5. The Balaban J connectivity index is 0.000000134. The molecular weight excluding hydrogens is 1850 g/mol. The second-order valence-electron chi connectivity index (χ2n) is 36.9. The maximum Gasteiger partial charge on any atom is 0.336 e. The van der Waals surface area contributed by atoms with E-state index in [1.165, 1.54) is 121 Å². The van der Waals surface area contributed by atoms with Gasteiger partial charge in [0.15, 0.2) is 23.0 Å². The van der Waals surface area contributed by atoms with Gasteiger partial charge in [-0.3, -0.25) is 19.2 Å². The molecule has 0 spiro atoms. The van der Waals surface area contributed by atoms with Crippen molar-refractivity contribution in [2.45, 2.75) is 170 Å². The van der Waals surface area contributed by atoms with Crippen molar-refractivity contribution in [1.82, 2.24) is 0 Å². The molecule has 20 aromatic rings. The van der Waals surface area contributed by atoms with Crippen LogP contribution in [0, 0.1) is 33.5 Å². The highest BCUT2D eigenvalue weighted by Crippen LogP contribution is 2.47. The Hall–Kier alpha value is -16.6. The number of rotatable bonds is 38. The lowest BCUT2D eigenvalue weighted by Gasteiger charge is -2.08. The first-order valence-corrected chi connectivity index (χ1v) is 50.6. The zero-order chi connectivity index (χ0) is 103. The topological polar surface area (TPSA) is 279 Å². The molecule has 0 atom stereocenters. The summed E-state index contributed by atoms with van der Waals surface area (Å²) >= 11 is 0. The van der Waals surface area contributed by atoms with Gasteiger partial charge in [-0.25, -0.2) is 23.6 Å². The van der Waals surface area contributed by atoms with Gasteiger partial charge in [-0.2, -0.15) is 0 Å². The molecule has 0 aliphatic rings. The summed E-state index contributed by atoms with van der Waals surface area (Å²) in [5.74, 6) is 1.32. The van der Waals surface area contributed by atoms with Crippen molar-refractivity contribution in [3.05, 3.63) is 400 Å². The molecule has 0 unspecified atom stereocenters. The van der Waals surface area contributed by atoms with E-state index in [1.54, 1.807) is 97.9 Å². The number of carbonyl (C=O) groups is 4. The highest BCUT2D eigenvalue weighted by Gasteiger charge is 2.33. The first kappa shape index (κ1) is 102. The van der Waals surface area contributed by atoms with Crippen LogP contribution in [0.4, 0.5) is 4.39 Å². The van der Waals surface area contributed by atoms with Gasteiger partial charge in [-0.15, -0.1) is 0 Å². The largest absolute Gasteiger partial charge is 0.497 e. The number of hydrogen-bond acceptors (Lipinski definition) is 20. The third-order valence-corrected chi connectivity index (χ3v) is 26.4. The van der Waals surface area contributed by atoms with Crippen LogP contribution in [-0.4, -0.2) is 50.1 Å². The number of fused-ring (bicyclic) bond motifs is 12. The molecule has 20 rings (SSSR count). The fraction of sp³-hybridized carbons (Fsp3) is 0.238. The summed E-state index contributed by atoms with van der Waals surface area (Å²) < 4.78 is 85.2. The number of unbranched alkanes of at least 4 members (excludes halogenated alkanes) is 16. The monoisotopic (exact) mass is 1970 g/mol. The first-order chi connectivity index (χ1) is 71.7. The Morgan fingerprint density at radius 1 is 0.259 bits per heavy atom. The van der Waals surface area contributed by atoms with Crippen LogP contribution in [0.1, 0.15) is 229 Å². The van der Waals surface area contributed by atoms with Gasteiger partial charge in [0.1, 0.15) is 73.5 Å². The predicted molar refractivity (Wildman–Crippen MR) is 577 cm³/mol. The average Bonchev–Trinajstić information content (AvgIpc) is 1.61. The Bertz CT molecular complexity index is 8430. The van der Waals surface area contributed by atoms with Crippen LogP contribution < -0.4 is 41.4 Å². The van der Waals surface area contributed by atoms with E-state index in [0.29, 0.717) is 153 Å². The van der Waals surface area contributed by atoms with Crippen LogP contribution >= 0.6 is 0 Å². The molecule has 746 valence electrons. The van der Waals surface area contributed by atoms with E-state index in [2.05, 4.69) is 20.8 Å². The van der Waals surface area contributed by atoms with Gasteiger partial charge in [0.05, 0.1) is 48.5 Å². The number of halogens is 1. The summed E-state index contributed by atoms with van der Waals surface area (Å²) in [6.45, 7) is 15.9. The molecule has 21 heteroatoms. The number of benzene rings is 12. The summed E-state index contributed by atoms with van der Waals surface area (Å²) in [5.41, 5.74) is 11.0. The first-order valence-electron chi connectivity index (χ1n) is 50.6. The summed E-state index contributed by atoms with van der Waals surface area (Å²) in [4.78, 5) is 104. The van der Waals surface area contributed by atoms with Crippen LogP contribution in [0.2, 0.25) is 0 Å². The molecule has 0 fully saturated rings. The fourth-order valence-corrected chi connectivity index (χ4v) is 18.9. The van der Waals surface area contributed by atoms with Crippen LogP contribution in [0.25, 0.3) is 132 Å². The molecule has 12 aromatic carbocycles. The number of ether oxygens (including phenoxy) is 4. The number of ketones is 4. The Morgan fingerprint density at radius 3 is 0.796 bits per heavy atom. The summed E-state index contributed by atoms with van der Waals surface area (Å²) in [7, 11) is 1.51. The van der Waals surface area contributed by atoms with E-state index in [1.807, 2.05) is 185 Å². The zero-order valence-electron chi connectivity index (χ0n) is 83.7. The minimum Gasteiger partial charge on any atom is -0.497 e. The lowest BCUT2D eigenvalue weighted by Crippen LogP contribution is -2.03. The third-order valence-electron chi connectivity index (χ3n) is 26.4. The quantitative estimate of drug-likeness (QED) is 0.0197. The molecule has 8 heterocycles. The van der Waals surface area contributed by atoms with Gasteiger partial charge in [0.2, 0.25) is 23.1 Å². The molecule has 0 saturated carbocycles. The maximum atomic E-state index is 14.9. The Labute approximate surface area is 848 Å². The van der Waals surface area contributed by atoms with E-state index in [0.717, 1.165) is 88.1 Å². The Morgan fingerprint density at radius 2 is 0.510 bits per heavy atom.